The van der Waals surface area contributed by atoms with Crippen LogP contribution in [0.3, 0.4) is 0 Å². The van der Waals surface area contributed by atoms with Crippen LogP contribution in [0.15, 0.2) is 47.7 Å². The zero-order valence-corrected chi connectivity index (χ0v) is 26.0. The van der Waals surface area contributed by atoms with Gasteiger partial charge < -0.3 is 24.5 Å². The first kappa shape index (κ1) is 31.4. The number of pyridine rings is 2. The lowest BCUT2D eigenvalue weighted by Gasteiger charge is -2.39. The third-order valence-corrected chi connectivity index (χ3v) is 8.82. The van der Waals surface area contributed by atoms with Crippen LogP contribution in [0, 0.1) is 5.92 Å². The molecular formula is C34H47FN4O4. The Bertz CT molecular complexity index is 1440. The summed E-state index contributed by atoms with van der Waals surface area (Å²) in [5, 5.41) is 15.2. The minimum Gasteiger partial charge on any atom is -0.493 e. The van der Waals surface area contributed by atoms with E-state index in [2.05, 4.69) is 22.1 Å². The average molecular weight is 595 g/mol. The summed E-state index contributed by atoms with van der Waals surface area (Å²) < 4.78 is 29.2. The Balaban J connectivity index is 1.26. The number of piperidine rings is 2. The van der Waals surface area contributed by atoms with Crippen LogP contribution in [0.4, 0.5) is 4.39 Å². The largest absolute Gasteiger partial charge is 0.493 e. The van der Waals surface area contributed by atoms with Gasteiger partial charge in [0.25, 0.3) is 5.56 Å². The molecule has 4 heterocycles. The Morgan fingerprint density at radius 2 is 2.02 bits per heavy atom. The van der Waals surface area contributed by atoms with Gasteiger partial charge in [-0.05, 0) is 87.6 Å². The molecule has 0 amide bonds. The number of fused-ring (bicyclic) bond motifs is 1. The van der Waals surface area contributed by atoms with Crippen molar-refractivity contribution >= 4 is 10.8 Å². The number of halogens is 1. The van der Waals surface area contributed by atoms with E-state index in [1.807, 2.05) is 44.3 Å². The molecular weight excluding hydrogens is 547 g/mol. The first-order valence-corrected chi connectivity index (χ1v) is 15.8. The average Bonchev–Trinajstić information content (AvgIpc) is 2.98. The van der Waals surface area contributed by atoms with Gasteiger partial charge in [-0.3, -0.25) is 14.7 Å². The summed E-state index contributed by atoms with van der Waals surface area (Å²) >= 11 is 0. The second kappa shape index (κ2) is 13.7. The summed E-state index contributed by atoms with van der Waals surface area (Å²) in [5.74, 6) is 1.55. The first-order valence-electron chi connectivity index (χ1n) is 15.8. The van der Waals surface area contributed by atoms with E-state index in [1.54, 1.807) is 24.1 Å². The molecule has 2 saturated heterocycles. The predicted molar refractivity (Wildman–Crippen MR) is 169 cm³/mol. The fraction of sp³-hybridized carbons (Fsp3) is 0.588. The molecule has 0 saturated carbocycles. The number of unbranched alkanes of at least 4 members (excludes halogenated alkanes) is 1. The zero-order chi connectivity index (χ0) is 30.6. The number of aromatic nitrogens is 2. The van der Waals surface area contributed by atoms with Crippen molar-refractivity contribution in [3.05, 3.63) is 53.2 Å². The fourth-order valence-corrected chi connectivity index (χ4v) is 6.69. The molecule has 2 N–H and O–H groups in total. The Hall–Kier alpha value is -3.01. The number of aryl methyl sites for hydroxylation is 1. The fourth-order valence-electron chi connectivity index (χ4n) is 6.69. The molecule has 0 bridgehead atoms. The Labute approximate surface area is 254 Å². The van der Waals surface area contributed by atoms with E-state index in [-0.39, 0.29) is 5.56 Å². The smallest absolute Gasteiger partial charge is 0.260 e. The number of nitrogens with one attached hydrogen (secondary N) is 1. The summed E-state index contributed by atoms with van der Waals surface area (Å²) in [6.07, 6.45) is 8.89. The van der Waals surface area contributed by atoms with Crippen LogP contribution in [0.1, 0.15) is 59.3 Å². The molecule has 4 atom stereocenters. The van der Waals surface area contributed by atoms with E-state index < -0.39 is 17.9 Å². The van der Waals surface area contributed by atoms with Crippen molar-refractivity contribution < 1.29 is 19.0 Å². The molecule has 1 aromatic carbocycles. The maximum absolute atomic E-state index is 15.5. The number of rotatable bonds is 11. The maximum atomic E-state index is 15.5. The number of likely N-dealkylation sites (tertiary alicyclic amines) is 1. The minimum absolute atomic E-state index is 0.0402. The summed E-state index contributed by atoms with van der Waals surface area (Å²) in [5.41, 5.74) is 1.07. The summed E-state index contributed by atoms with van der Waals surface area (Å²) in [7, 11) is 1.59. The van der Waals surface area contributed by atoms with Crippen molar-refractivity contribution in [3.63, 3.8) is 0 Å². The van der Waals surface area contributed by atoms with Crippen LogP contribution in [0.5, 0.6) is 11.5 Å². The van der Waals surface area contributed by atoms with Gasteiger partial charge in [-0.1, -0.05) is 19.4 Å². The van der Waals surface area contributed by atoms with Crippen molar-refractivity contribution in [1.82, 2.24) is 19.8 Å². The normalized spacial score (nSPS) is 23.4. The number of hydrogen-bond donors (Lipinski definition) is 2. The van der Waals surface area contributed by atoms with Crippen LogP contribution < -0.4 is 20.3 Å². The van der Waals surface area contributed by atoms with Crippen LogP contribution in [-0.2, 0) is 6.54 Å². The van der Waals surface area contributed by atoms with Gasteiger partial charge in [0.1, 0.15) is 12.3 Å². The number of nitrogens with zero attached hydrogens (tertiary/aromatic N) is 3. The third-order valence-electron chi connectivity index (χ3n) is 8.82. The quantitative estimate of drug-likeness (QED) is 0.316. The van der Waals surface area contributed by atoms with E-state index in [4.69, 9.17) is 9.47 Å². The summed E-state index contributed by atoms with van der Waals surface area (Å²) in [6.45, 7) is 9.40. The summed E-state index contributed by atoms with van der Waals surface area (Å²) in [6, 6.07) is 7.87. The van der Waals surface area contributed by atoms with Gasteiger partial charge >= 0.3 is 0 Å². The van der Waals surface area contributed by atoms with Crippen molar-refractivity contribution in [2.75, 3.05) is 33.3 Å². The molecule has 2 unspecified atom stereocenters. The maximum Gasteiger partial charge on any atom is 0.260 e. The second-order valence-electron chi connectivity index (χ2n) is 13.0. The summed E-state index contributed by atoms with van der Waals surface area (Å²) in [4.78, 5) is 19.5. The van der Waals surface area contributed by atoms with Crippen molar-refractivity contribution in [2.24, 2.45) is 5.92 Å². The van der Waals surface area contributed by atoms with Gasteiger partial charge in [-0.25, -0.2) is 4.39 Å². The minimum atomic E-state index is -1.11. The first-order chi connectivity index (χ1) is 20.6. The van der Waals surface area contributed by atoms with Gasteiger partial charge in [0.15, 0.2) is 11.5 Å². The monoisotopic (exact) mass is 594 g/mol. The molecule has 0 aliphatic carbocycles. The van der Waals surface area contributed by atoms with Crippen LogP contribution in [-0.4, -0.2) is 76.8 Å². The molecule has 5 rings (SSSR count). The molecule has 234 valence electrons. The molecule has 9 heteroatoms. The lowest BCUT2D eigenvalue weighted by Crippen LogP contribution is -2.50. The molecule has 2 aromatic heterocycles. The van der Waals surface area contributed by atoms with Crippen molar-refractivity contribution in [3.8, 4) is 22.6 Å². The lowest BCUT2D eigenvalue weighted by atomic mass is 9.86. The van der Waals surface area contributed by atoms with Crippen LogP contribution >= 0.6 is 0 Å². The highest BCUT2D eigenvalue weighted by atomic mass is 19.1. The van der Waals surface area contributed by atoms with E-state index >= 15 is 4.39 Å². The number of benzene rings is 1. The number of methoxy groups -OCH3 is 1. The molecule has 0 radical (unpaired) electrons. The van der Waals surface area contributed by atoms with Crippen LogP contribution in [0.25, 0.3) is 21.9 Å². The third kappa shape index (κ3) is 7.75. The lowest BCUT2D eigenvalue weighted by molar-refractivity contribution is 0.0102. The standard InChI is InChI=1S/C34H47FN4O4/c1-5-6-14-39-21-28(26-10-12-36-19-27(26)33(39)40)24-7-8-31(32(17-24)42-4)43-30-11-15-38(22-29(30)35)20-23-9-13-37-25(16-23)18-34(2,3)41/h7-8,10,12,17,19,21,23,25,29-30,37,41H,5-6,9,11,13-16,18,20,22H2,1-4H3/t23?,25?,29-,30-/m0/s1. The highest BCUT2D eigenvalue weighted by Crippen LogP contribution is 2.36. The van der Waals surface area contributed by atoms with E-state index in [0.717, 1.165) is 68.3 Å². The SMILES string of the molecule is CCCCn1cc(-c2ccc(O[C@H]3CCN(CC4CCNC(CC(C)(C)O)C4)C[C@@H]3F)c(OC)c2)c2ccncc2c1=O. The molecule has 2 aliphatic heterocycles. The number of hydrogen-bond acceptors (Lipinski definition) is 7. The highest BCUT2D eigenvalue weighted by Gasteiger charge is 2.34. The number of aliphatic hydroxyl groups is 1. The molecule has 43 heavy (non-hydrogen) atoms. The Morgan fingerprint density at radius 3 is 2.77 bits per heavy atom. The molecule has 2 aliphatic rings. The number of ether oxygens (including phenoxy) is 2. The number of alkyl halides is 1. The van der Waals surface area contributed by atoms with Gasteiger partial charge in [0.2, 0.25) is 0 Å². The highest BCUT2D eigenvalue weighted by molar-refractivity contribution is 5.95. The van der Waals surface area contributed by atoms with Gasteiger partial charge in [-0.15, -0.1) is 0 Å². The molecule has 8 nitrogen and oxygen atoms in total. The Kier molecular flexibility index (Phi) is 10.0. The predicted octanol–water partition coefficient (Wildman–Crippen LogP) is 5.19. The van der Waals surface area contributed by atoms with Gasteiger partial charge in [0.05, 0.1) is 18.1 Å². The molecule has 0 spiro atoms. The van der Waals surface area contributed by atoms with E-state index in [1.165, 1.54) is 0 Å². The topological polar surface area (TPSA) is 88.8 Å². The van der Waals surface area contributed by atoms with Gasteiger partial charge in [0, 0.05) is 56.4 Å². The second-order valence-corrected chi connectivity index (χ2v) is 13.0. The van der Waals surface area contributed by atoms with Crippen molar-refractivity contribution in [2.45, 2.75) is 89.8 Å². The van der Waals surface area contributed by atoms with E-state index in [9.17, 15) is 9.90 Å². The van der Waals surface area contributed by atoms with Crippen LogP contribution in [0.2, 0.25) is 0 Å². The zero-order valence-electron chi connectivity index (χ0n) is 26.0. The van der Waals surface area contributed by atoms with Crippen molar-refractivity contribution in [1.29, 1.82) is 0 Å². The molecule has 2 fully saturated rings. The molecule has 3 aromatic rings. The Morgan fingerprint density at radius 1 is 1.19 bits per heavy atom. The van der Waals surface area contributed by atoms with E-state index in [0.29, 0.717) is 48.4 Å². The van der Waals surface area contributed by atoms with Gasteiger partial charge in [-0.2, -0.15) is 0 Å².